The normalized spacial score (nSPS) is 10.2. The highest BCUT2D eigenvalue weighted by Crippen LogP contribution is 2.28. The third kappa shape index (κ3) is 2.71. The standard InChI is InChI=1S/C10H7BrN4O4/c11-6-4-12-14-9(6)10(17)13-7-3-5(15(18)19)1-2-8(7)16/h1-4,16H,(H,12,14)(H,13,17). The zero-order valence-corrected chi connectivity index (χ0v) is 10.8. The van der Waals surface area contributed by atoms with Crippen molar-refractivity contribution in [1.82, 2.24) is 10.2 Å². The van der Waals surface area contributed by atoms with Gasteiger partial charge in [-0.1, -0.05) is 0 Å². The molecule has 98 valence electrons. The van der Waals surface area contributed by atoms with Gasteiger partial charge in [-0.3, -0.25) is 20.0 Å². The summed E-state index contributed by atoms with van der Waals surface area (Å²) >= 11 is 3.11. The number of nitro benzene ring substituents is 1. The molecule has 0 atom stereocenters. The summed E-state index contributed by atoms with van der Waals surface area (Å²) in [6.07, 6.45) is 1.39. The monoisotopic (exact) mass is 326 g/mol. The highest BCUT2D eigenvalue weighted by molar-refractivity contribution is 9.10. The number of hydrogen-bond acceptors (Lipinski definition) is 5. The zero-order chi connectivity index (χ0) is 14.0. The molecule has 0 saturated carbocycles. The number of benzene rings is 1. The van der Waals surface area contributed by atoms with Crippen molar-refractivity contribution in [2.45, 2.75) is 0 Å². The largest absolute Gasteiger partial charge is 0.506 e. The Bertz CT molecular complexity index is 655. The predicted octanol–water partition coefficient (Wildman–Crippen LogP) is 2.04. The lowest BCUT2D eigenvalue weighted by atomic mass is 10.2. The molecule has 0 radical (unpaired) electrons. The van der Waals surface area contributed by atoms with Gasteiger partial charge >= 0.3 is 0 Å². The van der Waals surface area contributed by atoms with Gasteiger partial charge in [0.15, 0.2) is 0 Å². The molecule has 0 saturated heterocycles. The Balaban J connectivity index is 2.28. The van der Waals surface area contributed by atoms with Crippen LogP contribution in [0, 0.1) is 10.1 Å². The van der Waals surface area contributed by atoms with Gasteiger partial charge < -0.3 is 10.4 Å². The molecule has 0 aliphatic heterocycles. The minimum atomic E-state index is -0.624. The fourth-order valence-electron chi connectivity index (χ4n) is 1.35. The molecule has 0 spiro atoms. The van der Waals surface area contributed by atoms with Crippen LogP contribution in [-0.4, -0.2) is 26.1 Å². The second-order valence-electron chi connectivity index (χ2n) is 3.51. The van der Waals surface area contributed by atoms with Crippen LogP contribution in [0.3, 0.4) is 0 Å². The van der Waals surface area contributed by atoms with Crippen LogP contribution in [0.25, 0.3) is 0 Å². The molecule has 0 aliphatic carbocycles. The van der Waals surface area contributed by atoms with E-state index in [0.29, 0.717) is 4.47 Å². The second kappa shape index (κ2) is 5.06. The summed E-state index contributed by atoms with van der Waals surface area (Å²) in [6, 6.07) is 3.34. The molecule has 1 aromatic carbocycles. The van der Waals surface area contributed by atoms with E-state index in [2.05, 4.69) is 31.4 Å². The van der Waals surface area contributed by atoms with Crippen molar-refractivity contribution in [3.63, 3.8) is 0 Å². The van der Waals surface area contributed by atoms with E-state index in [-0.39, 0.29) is 22.8 Å². The average Bonchev–Trinajstić information content (AvgIpc) is 2.78. The Morgan fingerprint density at radius 3 is 2.84 bits per heavy atom. The van der Waals surface area contributed by atoms with Gasteiger partial charge in [0.1, 0.15) is 11.4 Å². The van der Waals surface area contributed by atoms with Crippen molar-refractivity contribution >= 4 is 33.2 Å². The Morgan fingerprint density at radius 2 is 2.26 bits per heavy atom. The summed E-state index contributed by atoms with van der Waals surface area (Å²) in [6.45, 7) is 0. The number of phenols is 1. The van der Waals surface area contributed by atoms with Crippen molar-refractivity contribution in [2.24, 2.45) is 0 Å². The summed E-state index contributed by atoms with van der Waals surface area (Å²) in [5.41, 5.74) is -0.150. The van der Waals surface area contributed by atoms with Gasteiger partial charge in [-0.15, -0.1) is 0 Å². The predicted molar refractivity (Wildman–Crippen MR) is 69.0 cm³/mol. The van der Waals surface area contributed by atoms with Crippen LogP contribution in [-0.2, 0) is 0 Å². The lowest BCUT2D eigenvalue weighted by molar-refractivity contribution is -0.384. The summed E-state index contributed by atoms with van der Waals surface area (Å²) in [5.74, 6) is -0.852. The first-order chi connectivity index (χ1) is 8.99. The van der Waals surface area contributed by atoms with E-state index < -0.39 is 10.8 Å². The number of aromatic amines is 1. The van der Waals surface area contributed by atoms with Crippen molar-refractivity contribution in [1.29, 1.82) is 0 Å². The zero-order valence-electron chi connectivity index (χ0n) is 9.25. The van der Waals surface area contributed by atoms with Gasteiger partial charge in [0.2, 0.25) is 0 Å². The van der Waals surface area contributed by atoms with Crippen LogP contribution in [0.2, 0.25) is 0 Å². The van der Waals surface area contributed by atoms with Crippen LogP contribution in [0.1, 0.15) is 10.5 Å². The number of phenolic OH excluding ortho intramolecular Hbond substituents is 1. The van der Waals surface area contributed by atoms with Crippen molar-refractivity contribution < 1.29 is 14.8 Å². The number of nitrogens with one attached hydrogen (secondary N) is 2. The van der Waals surface area contributed by atoms with Gasteiger partial charge in [0.05, 0.1) is 21.3 Å². The maximum Gasteiger partial charge on any atom is 0.274 e. The lowest BCUT2D eigenvalue weighted by Gasteiger charge is -2.06. The van der Waals surface area contributed by atoms with Gasteiger partial charge in [-0.2, -0.15) is 5.10 Å². The minimum Gasteiger partial charge on any atom is -0.506 e. The molecule has 2 rings (SSSR count). The number of halogens is 1. The third-order valence-electron chi connectivity index (χ3n) is 2.26. The van der Waals surface area contributed by atoms with Crippen LogP contribution < -0.4 is 5.32 Å². The van der Waals surface area contributed by atoms with Crippen LogP contribution in [0.5, 0.6) is 5.75 Å². The highest BCUT2D eigenvalue weighted by atomic mass is 79.9. The molecular formula is C10H7BrN4O4. The Labute approximate surface area is 114 Å². The second-order valence-corrected chi connectivity index (χ2v) is 4.36. The molecule has 0 unspecified atom stereocenters. The van der Waals surface area contributed by atoms with Gasteiger partial charge in [0, 0.05) is 12.1 Å². The third-order valence-corrected chi connectivity index (χ3v) is 2.86. The first-order valence-electron chi connectivity index (χ1n) is 4.96. The molecule has 8 nitrogen and oxygen atoms in total. The molecular weight excluding hydrogens is 320 g/mol. The van der Waals surface area contributed by atoms with Gasteiger partial charge in [-0.25, -0.2) is 0 Å². The van der Waals surface area contributed by atoms with Crippen molar-refractivity contribution in [2.75, 3.05) is 5.32 Å². The Hall–Kier alpha value is -2.42. The molecule has 3 N–H and O–H groups in total. The quantitative estimate of drug-likeness (QED) is 0.452. The number of rotatable bonds is 3. The molecule has 0 bridgehead atoms. The smallest absolute Gasteiger partial charge is 0.274 e. The number of anilines is 1. The molecule has 9 heteroatoms. The first kappa shape index (κ1) is 13.0. The van der Waals surface area contributed by atoms with Crippen LogP contribution in [0.4, 0.5) is 11.4 Å². The summed E-state index contributed by atoms with van der Waals surface area (Å²) in [7, 11) is 0. The molecule has 2 aromatic rings. The Morgan fingerprint density at radius 1 is 1.53 bits per heavy atom. The number of non-ortho nitro benzene ring substituents is 1. The molecule has 1 heterocycles. The minimum absolute atomic E-state index is 0.0549. The number of carbonyl (C=O) groups excluding carboxylic acids is 1. The molecule has 1 amide bonds. The molecule has 1 aromatic heterocycles. The summed E-state index contributed by atoms with van der Waals surface area (Å²) in [5, 5.41) is 28.6. The van der Waals surface area contributed by atoms with Crippen molar-refractivity contribution in [3.05, 3.63) is 44.7 Å². The van der Waals surface area contributed by atoms with Gasteiger partial charge in [0.25, 0.3) is 11.6 Å². The SMILES string of the molecule is O=C(Nc1cc([N+](=O)[O-])ccc1O)c1[nH]ncc1Br. The number of nitro groups is 1. The number of amides is 1. The first-order valence-corrected chi connectivity index (χ1v) is 5.76. The van der Waals surface area contributed by atoms with E-state index >= 15 is 0 Å². The Kier molecular flexibility index (Phi) is 3.47. The maximum absolute atomic E-state index is 11.8. The van der Waals surface area contributed by atoms with E-state index in [4.69, 9.17) is 0 Å². The summed E-state index contributed by atoms with van der Waals surface area (Å²) < 4.78 is 0.440. The summed E-state index contributed by atoms with van der Waals surface area (Å²) in [4.78, 5) is 21.8. The average molecular weight is 327 g/mol. The van der Waals surface area contributed by atoms with Crippen molar-refractivity contribution in [3.8, 4) is 5.75 Å². The van der Waals surface area contributed by atoms with Crippen LogP contribution in [0.15, 0.2) is 28.9 Å². The van der Waals surface area contributed by atoms with E-state index in [1.165, 1.54) is 6.20 Å². The van der Waals surface area contributed by atoms with E-state index in [1.807, 2.05) is 0 Å². The number of aromatic hydroxyl groups is 1. The number of hydrogen-bond donors (Lipinski definition) is 3. The van der Waals surface area contributed by atoms with E-state index in [0.717, 1.165) is 18.2 Å². The number of H-pyrrole nitrogens is 1. The number of carbonyl (C=O) groups is 1. The highest BCUT2D eigenvalue weighted by Gasteiger charge is 2.16. The van der Waals surface area contributed by atoms with E-state index in [9.17, 15) is 20.0 Å². The lowest BCUT2D eigenvalue weighted by Crippen LogP contribution is -2.13. The topological polar surface area (TPSA) is 121 Å². The molecule has 0 fully saturated rings. The molecule has 0 aliphatic rings. The maximum atomic E-state index is 11.8. The number of aromatic nitrogens is 2. The fourth-order valence-corrected chi connectivity index (χ4v) is 1.72. The van der Waals surface area contributed by atoms with E-state index in [1.54, 1.807) is 0 Å². The number of nitrogens with zero attached hydrogens (tertiary/aromatic N) is 2. The van der Waals surface area contributed by atoms with Gasteiger partial charge in [-0.05, 0) is 22.0 Å². The van der Waals surface area contributed by atoms with Crippen LogP contribution >= 0.6 is 15.9 Å². The molecule has 19 heavy (non-hydrogen) atoms. The fraction of sp³-hybridized carbons (Fsp3) is 0.